The third kappa shape index (κ3) is 5.44. The van der Waals surface area contributed by atoms with Crippen molar-refractivity contribution in [1.29, 1.82) is 5.26 Å². The van der Waals surface area contributed by atoms with Gasteiger partial charge in [0.15, 0.2) is 0 Å². The van der Waals surface area contributed by atoms with Crippen molar-refractivity contribution in [2.75, 3.05) is 18.4 Å². The Kier molecular flexibility index (Phi) is 6.97. The number of halogens is 3. The minimum atomic E-state index is -4.70. The lowest BCUT2D eigenvalue weighted by atomic mass is 9.97. The van der Waals surface area contributed by atoms with E-state index in [1.54, 1.807) is 4.90 Å². The van der Waals surface area contributed by atoms with Crippen molar-refractivity contribution in [3.05, 3.63) is 68.8 Å². The van der Waals surface area contributed by atoms with Crippen molar-refractivity contribution < 1.29 is 22.7 Å². The number of hydrogen-bond donors (Lipinski definition) is 2. The van der Waals surface area contributed by atoms with E-state index in [2.05, 4.69) is 15.3 Å². The summed E-state index contributed by atoms with van der Waals surface area (Å²) in [6.07, 6.45) is -4.94. The molecule has 1 aromatic heterocycles. The fourth-order valence-electron chi connectivity index (χ4n) is 4.66. The first kappa shape index (κ1) is 26.2. The Morgan fingerprint density at radius 1 is 1.24 bits per heavy atom. The van der Waals surface area contributed by atoms with Crippen LogP contribution in [-0.4, -0.2) is 46.1 Å². The van der Waals surface area contributed by atoms with E-state index in [0.29, 0.717) is 18.7 Å². The Bertz CT molecular complexity index is 1450. The summed E-state index contributed by atoms with van der Waals surface area (Å²) < 4.78 is 47.5. The smallest absolute Gasteiger partial charge is 0.377 e. The number of fused-ring (bicyclic) bond motifs is 1. The highest BCUT2D eigenvalue weighted by molar-refractivity contribution is 5.95. The predicted molar refractivity (Wildman–Crippen MR) is 131 cm³/mol. The highest BCUT2D eigenvalue weighted by Gasteiger charge is 2.35. The molecule has 4 rings (SSSR count). The maximum absolute atomic E-state index is 14.0. The summed E-state index contributed by atoms with van der Waals surface area (Å²) in [6.45, 7) is 7.57. The van der Waals surface area contributed by atoms with Gasteiger partial charge in [0.1, 0.15) is 11.9 Å². The van der Waals surface area contributed by atoms with Gasteiger partial charge < -0.3 is 19.9 Å². The van der Waals surface area contributed by atoms with E-state index in [9.17, 15) is 28.0 Å². The van der Waals surface area contributed by atoms with Crippen LogP contribution in [0.25, 0.3) is 10.9 Å². The lowest BCUT2D eigenvalue weighted by Crippen LogP contribution is -2.48. The number of nitriles is 1. The molecule has 1 saturated heterocycles. The molecular formula is C26H26F3N5O3. The van der Waals surface area contributed by atoms with Crippen LogP contribution >= 0.6 is 0 Å². The maximum Gasteiger partial charge on any atom is 0.416 e. The van der Waals surface area contributed by atoms with Gasteiger partial charge in [0, 0.05) is 24.7 Å². The number of aromatic nitrogens is 2. The minimum absolute atomic E-state index is 0.0256. The molecule has 0 saturated carbocycles. The normalized spacial score (nSPS) is 18.9. The van der Waals surface area contributed by atoms with Crippen molar-refractivity contribution >= 4 is 22.5 Å². The highest BCUT2D eigenvalue weighted by atomic mass is 19.4. The van der Waals surface area contributed by atoms with Gasteiger partial charge in [0.05, 0.1) is 39.9 Å². The molecule has 0 radical (unpaired) electrons. The van der Waals surface area contributed by atoms with Crippen molar-refractivity contribution in [3.63, 3.8) is 0 Å². The first-order valence-corrected chi connectivity index (χ1v) is 11.7. The molecule has 2 aromatic carbocycles. The number of hydrogen-bond acceptors (Lipinski definition) is 6. The number of ether oxygens (including phenoxy) is 1. The standard InChI is InChI=1S/C26H26F3N5O3/c1-13-11-34(12-14(2)37-13)25(36)17-5-6-22(18(7-17)10-30)31-15(3)19-8-20-23(9-21(19)26(27,28)29)32-16(4)33-24(20)35/h5-9,13-15,31H,11-12H2,1-4H3,(H,32,33,35). The van der Waals surface area contributed by atoms with Crippen LogP contribution < -0.4 is 10.9 Å². The largest absolute Gasteiger partial charge is 0.416 e. The average molecular weight is 514 g/mol. The molecule has 2 N–H and O–H groups in total. The van der Waals surface area contributed by atoms with Gasteiger partial charge >= 0.3 is 6.18 Å². The van der Waals surface area contributed by atoms with Gasteiger partial charge in [-0.2, -0.15) is 18.4 Å². The number of morpholine rings is 1. The van der Waals surface area contributed by atoms with Crippen LogP contribution in [0.5, 0.6) is 0 Å². The summed E-state index contributed by atoms with van der Waals surface area (Å²) in [6, 6.07) is 7.57. The predicted octanol–water partition coefficient (Wildman–Crippen LogP) is 4.54. The molecule has 11 heteroatoms. The monoisotopic (exact) mass is 513 g/mol. The van der Waals surface area contributed by atoms with E-state index >= 15 is 0 Å². The molecule has 2 heterocycles. The molecule has 0 aliphatic carbocycles. The second kappa shape index (κ2) is 9.86. The van der Waals surface area contributed by atoms with Gasteiger partial charge in [-0.1, -0.05) is 0 Å². The summed E-state index contributed by atoms with van der Waals surface area (Å²) in [4.78, 5) is 33.6. The number of aromatic amines is 1. The first-order chi connectivity index (χ1) is 17.4. The van der Waals surface area contributed by atoms with Gasteiger partial charge in [-0.15, -0.1) is 0 Å². The minimum Gasteiger partial charge on any atom is -0.377 e. The number of amides is 1. The second-order valence-electron chi connectivity index (χ2n) is 9.31. The number of benzene rings is 2. The van der Waals surface area contributed by atoms with E-state index in [1.807, 2.05) is 19.9 Å². The number of anilines is 1. The quantitative estimate of drug-likeness (QED) is 0.530. The number of alkyl halides is 3. The summed E-state index contributed by atoms with van der Waals surface area (Å²) in [5, 5.41) is 12.7. The van der Waals surface area contributed by atoms with Crippen LogP contribution in [0, 0.1) is 18.3 Å². The number of carbonyl (C=O) groups is 1. The number of H-pyrrole nitrogens is 1. The Balaban J connectivity index is 1.67. The topological polar surface area (TPSA) is 111 Å². The molecule has 3 unspecified atom stereocenters. The number of nitrogens with one attached hydrogen (secondary N) is 2. The van der Waals surface area contributed by atoms with Crippen LogP contribution in [0.4, 0.5) is 18.9 Å². The molecule has 0 spiro atoms. The van der Waals surface area contributed by atoms with E-state index in [1.165, 1.54) is 38.1 Å². The SMILES string of the molecule is Cc1nc2cc(C(F)(F)F)c(C(C)Nc3ccc(C(=O)N4CC(C)OC(C)C4)cc3C#N)cc2c(=O)[nH]1. The van der Waals surface area contributed by atoms with Crippen molar-refractivity contribution in [2.45, 2.75) is 52.1 Å². The van der Waals surface area contributed by atoms with Crippen molar-refractivity contribution in [3.8, 4) is 6.07 Å². The van der Waals surface area contributed by atoms with Gasteiger partial charge in [-0.25, -0.2) is 4.98 Å². The van der Waals surface area contributed by atoms with Gasteiger partial charge in [0.25, 0.3) is 11.5 Å². The first-order valence-electron chi connectivity index (χ1n) is 11.7. The van der Waals surface area contributed by atoms with Gasteiger partial charge in [-0.3, -0.25) is 9.59 Å². The van der Waals surface area contributed by atoms with Gasteiger partial charge in [-0.05, 0) is 63.6 Å². The zero-order chi connectivity index (χ0) is 27.1. The average Bonchev–Trinajstić information content (AvgIpc) is 2.81. The lowest BCUT2D eigenvalue weighted by Gasteiger charge is -2.35. The molecule has 3 atom stereocenters. The lowest BCUT2D eigenvalue weighted by molar-refractivity contribution is -0.138. The van der Waals surface area contributed by atoms with E-state index < -0.39 is 23.3 Å². The molecule has 1 fully saturated rings. The Morgan fingerprint density at radius 3 is 2.54 bits per heavy atom. The molecule has 194 valence electrons. The third-order valence-corrected chi connectivity index (χ3v) is 6.23. The van der Waals surface area contributed by atoms with Crippen LogP contribution in [0.15, 0.2) is 35.1 Å². The Labute approximate surface area is 211 Å². The van der Waals surface area contributed by atoms with E-state index in [4.69, 9.17) is 4.74 Å². The van der Waals surface area contributed by atoms with Gasteiger partial charge in [0.2, 0.25) is 0 Å². The zero-order valence-corrected chi connectivity index (χ0v) is 20.7. The number of carbonyl (C=O) groups excluding carboxylic acids is 1. The molecule has 0 bridgehead atoms. The Hall–Kier alpha value is -3.91. The van der Waals surface area contributed by atoms with E-state index in [-0.39, 0.29) is 51.7 Å². The molecule has 8 nitrogen and oxygen atoms in total. The molecular weight excluding hydrogens is 487 g/mol. The third-order valence-electron chi connectivity index (χ3n) is 6.23. The highest BCUT2D eigenvalue weighted by Crippen LogP contribution is 2.37. The second-order valence-corrected chi connectivity index (χ2v) is 9.31. The van der Waals surface area contributed by atoms with Crippen LogP contribution in [0.3, 0.4) is 0 Å². The molecule has 1 aliphatic heterocycles. The van der Waals surface area contributed by atoms with Crippen LogP contribution in [0.2, 0.25) is 0 Å². The summed E-state index contributed by atoms with van der Waals surface area (Å²) >= 11 is 0. The maximum atomic E-state index is 14.0. The number of aryl methyl sites for hydroxylation is 1. The van der Waals surface area contributed by atoms with Crippen molar-refractivity contribution in [1.82, 2.24) is 14.9 Å². The van der Waals surface area contributed by atoms with Crippen LogP contribution in [0.1, 0.15) is 59.7 Å². The number of nitrogens with zero attached hydrogens (tertiary/aromatic N) is 3. The fourth-order valence-corrected chi connectivity index (χ4v) is 4.66. The molecule has 1 amide bonds. The van der Waals surface area contributed by atoms with Crippen LogP contribution in [-0.2, 0) is 10.9 Å². The summed E-state index contributed by atoms with van der Waals surface area (Å²) in [7, 11) is 0. The molecule has 3 aromatic rings. The molecule has 37 heavy (non-hydrogen) atoms. The van der Waals surface area contributed by atoms with E-state index in [0.717, 1.165) is 6.07 Å². The Morgan fingerprint density at radius 2 is 1.92 bits per heavy atom. The number of rotatable bonds is 4. The zero-order valence-electron chi connectivity index (χ0n) is 20.7. The summed E-state index contributed by atoms with van der Waals surface area (Å²) in [5.41, 5.74) is -1.04. The fraction of sp³-hybridized carbons (Fsp3) is 0.385. The molecule has 1 aliphatic rings. The van der Waals surface area contributed by atoms with Crippen molar-refractivity contribution in [2.24, 2.45) is 0 Å². The summed E-state index contributed by atoms with van der Waals surface area (Å²) in [5.74, 6) is -0.0483.